The lowest BCUT2D eigenvalue weighted by Gasteiger charge is -2.22. The van der Waals surface area contributed by atoms with Crippen LogP contribution < -0.4 is 15.8 Å². The van der Waals surface area contributed by atoms with Gasteiger partial charge in [-0.3, -0.25) is 4.79 Å². The zero-order valence-corrected chi connectivity index (χ0v) is 12.5. The predicted molar refractivity (Wildman–Crippen MR) is 79.5 cm³/mol. The first kappa shape index (κ1) is 14.9. The molecule has 1 amide bonds. The molecular weight excluding hydrogens is 252 g/mol. The Morgan fingerprint density at radius 1 is 1.35 bits per heavy atom. The number of amides is 1. The van der Waals surface area contributed by atoms with Crippen molar-refractivity contribution in [3.63, 3.8) is 0 Å². The molecule has 0 spiro atoms. The molecule has 20 heavy (non-hydrogen) atoms. The molecule has 1 aliphatic carbocycles. The van der Waals surface area contributed by atoms with Crippen LogP contribution in [0.5, 0.6) is 5.75 Å². The topological polar surface area (TPSA) is 64.3 Å². The molecular formula is C16H24N2O2. The third kappa shape index (κ3) is 3.12. The number of nitrogens with one attached hydrogen (secondary N) is 1. The molecule has 4 nitrogen and oxygen atoms in total. The molecule has 3 N–H and O–H groups in total. The summed E-state index contributed by atoms with van der Waals surface area (Å²) in [5.74, 6) is 0.889. The second-order valence-electron chi connectivity index (χ2n) is 5.88. The van der Waals surface area contributed by atoms with Gasteiger partial charge < -0.3 is 15.8 Å². The van der Waals surface area contributed by atoms with Crippen molar-refractivity contribution in [3.05, 3.63) is 29.8 Å². The number of carbonyl (C=O) groups is 1. The van der Waals surface area contributed by atoms with Crippen molar-refractivity contribution in [3.8, 4) is 5.75 Å². The van der Waals surface area contributed by atoms with E-state index in [1.54, 1.807) is 0 Å². The van der Waals surface area contributed by atoms with E-state index in [4.69, 9.17) is 10.5 Å². The fourth-order valence-corrected chi connectivity index (χ4v) is 2.30. The number of ether oxygens (including phenoxy) is 1. The fraction of sp³-hybridized carbons (Fsp3) is 0.562. The maximum Gasteiger partial charge on any atom is 0.227 e. The lowest BCUT2D eigenvalue weighted by Crippen LogP contribution is -2.38. The van der Waals surface area contributed by atoms with E-state index in [1.807, 2.05) is 45.0 Å². The third-order valence-corrected chi connectivity index (χ3v) is 3.82. The van der Waals surface area contributed by atoms with E-state index in [0.29, 0.717) is 6.54 Å². The summed E-state index contributed by atoms with van der Waals surface area (Å²) in [6.45, 7) is 6.39. The Morgan fingerprint density at radius 2 is 2.00 bits per heavy atom. The van der Waals surface area contributed by atoms with Crippen molar-refractivity contribution >= 4 is 5.91 Å². The summed E-state index contributed by atoms with van der Waals surface area (Å²) in [6.07, 6.45) is 1.90. The van der Waals surface area contributed by atoms with Crippen LogP contribution in [0.3, 0.4) is 0 Å². The smallest absolute Gasteiger partial charge is 0.227 e. The Bertz CT molecular complexity index is 481. The van der Waals surface area contributed by atoms with E-state index >= 15 is 0 Å². The highest BCUT2D eigenvalue weighted by molar-refractivity contribution is 5.86. The highest BCUT2D eigenvalue weighted by atomic mass is 16.5. The van der Waals surface area contributed by atoms with Crippen LogP contribution in [0.25, 0.3) is 0 Å². The number of nitrogens with two attached hydrogens (primary N) is 1. The van der Waals surface area contributed by atoms with Crippen molar-refractivity contribution < 1.29 is 9.53 Å². The quantitative estimate of drug-likeness (QED) is 0.838. The largest absolute Gasteiger partial charge is 0.491 e. The van der Waals surface area contributed by atoms with Gasteiger partial charge >= 0.3 is 0 Å². The molecule has 1 aromatic rings. The molecule has 110 valence electrons. The van der Waals surface area contributed by atoms with Gasteiger partial charge in [-0.1, -0.05) is 18.2 Å². The van der Waals surface area contributed by atoms with Gasteiger partial charge in [-0.05, 0) is 39.7 Å². The minimum absolute atomic E-state index is 0.0619. The number of carbonyl (C=O) groups excluding carboxylic acids is 1. The Kier molecular flexibility index (Phi) is 4.33. The summed E-state index contributed by atoms with van der Waals surface area (Å²) in [6, 6.07) is 7.75. The van der Waals surface area contributed by atoms with Crippen molar-refractivity contribution in [2.24, 2.45) is 11.1 Å². The van der Waals surface area contributed by atoms with E-state index in [-0.39, 0.29) is 23.5 Å². The van der Waals surface area contributed by atoms with Crippen LogP contribution in [-0.2, 0) is 4.79 Å². The monoisotopic (exact) mass is 276 g/mol. The summed E-state index contributed by atoms with van der Waals surface area (Å²) < 4.78 is 5.80. The van der Waals surface area contributed by atoms with Crippen LogP contribution in [0.1, 0.15) is 45.2 Å². The highest BCUT2D eigenvalue weighted by Gasteiger charge is 2.48. The van der Waals surface area contributed by atoms with E-state index in [2.05, 4.69) is 5.32 Å². The molecule has 1 aromatic carbocycles. The second-order valence-corrected chi connectivity index (χ2v) is 5.88. The van der Waals surface area contributed by atoms with Gasteiger partial charge in [-0.2, -0.15) is 0 Å². The first-order valence-electron chi connectivity index (χ1n) is 7.25. The molecule has 0 bridgehead atoms. The SMILES string of the molecule is CC(C)Oc1ccccc1C(C)NC(=O)C1(CN)CC1. The highest BCUT2D eigenvalue weighted by Crippen LogP contribution is 2.45. The molecule has 2 rings (SSSR count). The number of para-hydroxylation sites is 1. The van der Waals surface area contributed by atoms with Crippen LogP contribution in [-0.4, -0.2) is 18.6 Å². The Labute approximate surface area is 120 Å². The van der Waals surface area contributed by atoms with Gasteiger partial charge in [0.1, 0.15) is 5.75 Å². The van der Waals surface area contributed by atoms with Gasteiger partial charge in [0.15, 0.2) is 0 Å². The van der Waals surface area contributed by atoms with Crippen LogP contribution in [0, 0.1) is 5.41 Å². The first-order chi connectivity index (χ1) is 9.48. The van der Waals surface area contributed by atoms with E-state index in [1.165, 1.54) is 0 Å². The molecule has 1 aliphatic rings. The van der Waals surface area contributed by atoms with E-state index in [9.17, 15) is 4.79 Å². The van der Waals surface area contributed by atoms with Gasteiger partial charge in [-0.25, -0.2) is 0 Å². The first-order valence-corrected chi connectivity index (χ1v) is 7.25. The maximum atomic E-state index is 12.2. The number of hydrogen-bond donors (Lipinski definition) is 2. The normalized spacial score (nSPS) is 17.6. The van der Waals surface area contributed by atoms with Crippen LogP contribution in [0.2, 0.25) is 0 Å². The summed E-state index contributed by atoms with van der Waals surface area (Å²) in [5, 5.41) is 3.06. The van der Waals surface area contributed by atoms with Crippen molar-refractivity contribution in [2.75, 3.05) is 6.54 Å². The molecule has 0 aromatic heterocycles. The maximum absolute atomic E-state index is 12.2. The van der Waals surface area contributed by atoms with Crippen molar-refractivity contribution in [1.82, 2.24) is 5.32 Å². The van der Waals surface area contributed by atoms with Gasteiger partial charge in [0.2, 0.25) is 5.91 Å². The summed E-state index contributed by atoms with van der Waals surface area (Å²) in [4.78, 5) is 12.2. The number of rotatable bonds is 6. The van der Waals surface area contributed by atoms with Crippen LogP contribution in [0.4, 0.5) is 0 Å². The molecule has 1 atom stereocenters. The molecule has 0 heterocycles. The van der Waals surface area contributed by atoms with Crippen LogP contribution >= 0.6 is 0 Å². The summed E-state index contributed by atoms with van der Waals surface area (Å²) in [5.41, 5.74) is 6.38. The zero-order valence-electron chi connectivity index (χ0n) is 12.5. The van der Waals surface area contributed by atoms with Gasteiger partial charge in [0.25, 0.3) is 0 Å². The molecule has 0 aliphatic heterocycles. The summed E-state index contributed by atoms with van der Waals surface area (Å²) in [7, 11) is 0. The predicted octanol–water partition coefficient (Wildman–Crippen LogP) is 2.39. The average Bonchev–Trinajstić information content (AvgIpc) is 3.19. The van der Waals surface area contributed by atoms with E-state index < -0.39 is 0 Å². The third-order valence-electron chi connectivity index (χ3n) is 3.82. The lowest BCUT2D eigenvalue weighted by molar-refractivity contribution is -0.126. The van der Waals surface area contributed by atoms with Crippen molar-refractivity contribution in [2.45, 2.75) is 45.8 Å². The van der Waals surface area contributed by atoms with E-state index in [0.717, 1.165) is 24.2 Å². The molecule has 4 heteroatoms. The Morgan fingerprint density at radius 3 is 2.55 bits per heavy atom. The summed E-state index contributed by atoms with van der Waals surface area (Å²) >= 11 is 0. The van der Waals surface area contributed by atoms with Gasteiger partial charge in [0.05, 0.1) is 17.6 Å². The molecule has 1 unspecified atom stereocenters. The molecule has 1 saturated carbocycles. The zero-order chi connectivity index (χ0) is 14.8. The standard InChI is InChI=1S/C16H24N2O2/c1-11(2)20-14-7-5-4-6-13(14)12(3)18-15(19)16(10-17)8-9-16/h4-7,11-12H,8-10,17H2,1-3H3,(H,18,19). The molecule has 1 fully saturated rings. The second kappa shape index (κ2) is 5.83. The van der Waals surface area contributed by atoms with Crippen LogP contribution in [0.15, 0.2) is 24.3 Å². The van der Waals surface area contributed by atoms with Crippen molar-refractivity contribution in [1.29, 1.82) is 0 Å². The molecule has 0 radical (unpaired) electrons. The Hall–Kier alpha value is -1.55. The number of hydrogen-bond acceptors (Lipinski definition) is 3. The van der Waals surface area contributed by atoms with Gasteiger partial charge in [0, 0.05) is 12.1 Å². The minimum Gasteiger partial charge on any atom is -0.491 e. The van der Waals surface area contributed by atoms with Gasteiger partial charge in [-0.15, -0.1) is 0 Å². The lowest BCUT2D eigenvalue weighted by atomic mass is 10.0. The fourth-order valence-electron chi connectivity index (χ4n) is 2.30. The number of benzene rings is 1. The average molecular weight is 276 g/mol. The molecule has 0 saturated heterocycles. The minimum atomic E-state index is -0.317. The Balaban J connectivity index is 2.09.